The fourth-order valence-electron chi connectivity index (χ4n) is 11.5. The second kappa shape index (κ2) is 17.9. The van der Waals surface area contributed by atoms with Crippen molar-refractivity contribution in [1.82, 2.24) is 19.1 Å². The van der Waals surface area contributed by atoms with Crippen LogP contribution in [0.5, 0.6) is 0 Å². The predicted molar refractivity (Wildman–Crippen MR) is 354 cm³/mol. The van der Waals surface area contributed by atoms with E-state index in [9.17, 15) is 0 Å². The molecule has 4 aromatic heterocycles. The van der Waals surface area contributed by atoms with E-state index in [2.05, 4.69) is 273 Å². The largest absolute Gasteiger partial charge is 0.309 e. The molecule has 0 N–H and O–H groups in total. The molecule has 0 saturated heterocycles. The number of nitrogens with zero attached hydrogens (tertiary/aromatic N) is 4. The third kappa shape index (κ3) is 9.10. The second-order valence-corrected chi connectivity index (χ2v) is 58.6. The number of pyridine rings is 2. The molecule has 386 valence electrons. The Morgan fingerprint density at radius 2 is 0.513 bits per heavy atom. The van der Waals surface area contributed by atoms with Crippen molar-refractivity contribution in [2.75, 3.05) is 0 Å². The smallest absolute Gasteiger partial charge is 0.0796 e. The highest BCUT2D eigenvalue weighted by Crippen LogP contribution is 2.46. The Morgan fingerprint density at radius 1 is 0.250 bits per heavy atom. The van der Waals surface area contributed by atoms with E-state index in [0.717, 1.165) is 33.9 Å². The minimum absolute atomic E-state index is 0.992. The molecule has 11 aromatic rings. The summed E-state index contributed by atoms with van der Waals surface area (Å²) in [5.74, 6) is 0. The number of benzene rings is 7. The predicted octanol–water partition coefficient (Wildman–Crippen LogP) is 15.6. The fraction of sp³-hybridized carbons (Fsp3) is 0.273. The Bertz CT molecular complexity index is 3730. The van der Waals surface area contributed by atoms with Crippen LogP contribution >= 0.6 is 0 Å². The molecule has 0 radical (unpaired) electrons. The Hall–Kier alpha value is -5.74. The Balaban J connectivity index is 1.26. The monoisotopic (exact) mass is 1090 g/mol. The lowest BCUT2D eigenvalue weighted by Crippen LogP contribution is -2.37. The SMILES string of the molecule is C[Si](C)(C)c1ccc(-c2c3ccc(-n4c5ccc([Si](C)(C)C)cc5c5cc([Si](C)(C)C)ccc54)cc3c(-c3ccc([Si](C)(C)C)cn3)c3ccc(-n4c5ccc([Si](C)(C)C)cc5c5cc([Si](C)(C)C)ccc54)cc23)nc1. The summed E-state index contributed by atoms with van der Waals surface area (Å²) < 4.78 is 5.07. The first kappa shape index (κ1) is 52.3. The lowest BCUT2D eigenvalue weighted by Gasteiger charge is -2.21. The van der Waals surface area contributed by atoms with Crippen LogP contribution in [0.15, 0.2) is 146 Å². The highest BCUT2D eigenvalue weighted by Gasteiger charge is 2.28. The van der Waals surface area contributed by atoms with Crippen molar-refractivity contribution in [2.45, 2.75) is 118 Å². The maximum Gasteiger partial charge on any atom is 0.0796 e. The molecule has 0 fully saturated rings. The molecular weight excluding hydrogens is 1020 g/mol. The van der Waals surface area contributed by atoms with E-state index in [1.807, 2.05) is 0 Å². The zero-order valence-electron chi connectivity index (χ0n) is 48.6. The zero-order chi connectivity index (χ0) is 54.4. The molecule has 0 aliphatic rings. The second-order valence-electron chi connectivity index (χ2n) is 28.2. The third-order valence-corrected chi connectivity index (χ3v) is 28.6. The van der Waals surface area contributed by atoms with Crippen molar-refractivity contribution >= 4 is 145 Å². The van der Waals surface area contributed by atoms with E-state index in [-0.39, 0.29) is 0 Å². The van der Waals surface area contributed by atoms with Gasteiger partial charge in [0.15, 0.2) is 0 Å². The molecule has 0 unspecified atom stereocenters. The van der Waals surface area contributed by atoms with E-state index in [1.165, 1.54) is 96.3 Å². The quantitative estimate of drug-likeness (QED) is 0.101. The molecule has 0 aliphatic carbocycles. The van der Waals surface area contributed by atoms with Gasteiger partial charge in [0.25, 0.3) is 0 Å². The standard InChI is InChI=1S/C66H78N4Si6/c1-71(2,3)45-23-31-61-53(37-45)54-38-46(72(4,5)6)24-32-62(54)69(61)43-19-27-51-57(35-43)65(59-29-21-49(41-67-59)75(13,14)15)52-28-20-44(36-58(52)66(51)60-30-22-50(42-68-60)76(16,17)18)70-63-33-25-47(73(7,8)9)39-55(63)56-40-48(74(10,11)12)26-34-64(56)70/h19-42H,1-18H3. The van der Waals surface area contributed by atoms with Gasteiger partial charge in [-0.3, -0.25) is 9.97 Å². The van der Waals surface area contributed by atoms with Gasteiger partial charge in [-0.2, -0.15) is 0 Å². The van der Waals surface area contributed by atoms with Crippen LogP contribution < -0.4 is 31.1 Å². The van der Waals surface area contributed by atoms with E-state index >= 15 is 0 Å². The van der Waals surface area contributed by atoms with Gasteiger partial charge in [-0.1, -0.05) is 211 Å². The van der Waals surface area contributed by atoms with Crippen LogP contribution in [-0.4, -0.2) is 67.5 Å². The number of aromatic nitrogens is 4. The Labute approximate surface area is 458 Å². The van der Waals surface area contributed by atoms with Gasteiger partial charge in [0.1, 0.15) is 0 Å². The number of hydrogen-bond donors (Lipinski definition) is 0. The van der Waals surface area contributed by atoms with E-state index in [4.69, 9.17) is 9.97 Å². The minimum Gasteiger partial charge on any atom is -0.309 e. The van der Waals surface area contributed by atoms with Crippen LogP contribution in [0, 0.1) is 0 Å². The van der Waals surface area contributed by atoms with Gasteiger partial charge in [-0.25, -0.2) is 0 Å². The number of hydrogen-bond acceptors (Lipinski definition) is 2. The average molecular weight is 1100 g/mol. The summed E-state index contributed by atoms with van der Waals surface area (Å²) in [6.07, 6.45) is 4.34. The summed E-state index contributed by atoms with van der Waals surface area (Å²) in [5.41, 5.74) is 11.6. The van der Waals surface area contributed by atoms with Gasteiger partial charge in [-0.15, -0.1) is 0 Å². The molecule has 11 rings (SSSR count). The maximum atomic E-state index is 5.45. The summed E-state index contributed by atoms with van der Waals surface area (Å²) in [7, 11) is -9.72. The first-order chi connectivity index (χ1) is 35.5. The number of fused-ring (bicyclic) bond motifs is 8. The molecular formula is C66H78N4Si6. The average Bonchev–Trinajstić information content (AvgIpc) is 3.99. The molecule has 7 aromatic carbocycles. The topological polar surface area (TPSA) is 35.6 Å². The van der Waals surface area contributed by atoms with E-state index in [0.29, 0.717) is 0 Å². The Kier molecular flexibility index (Phi) is 12.3. The van der Waals surface area contributed by atoms with Crippen molar-refractivity contribution in [2.24, 2.45) is 0 Å². The van der Waals surface area contributed by atoms with E-state index < -0.39 is 48.4 Å². The van der Waals surface area contributed by atoms with Crippen molar-refractivity contribution in [3.63, 3.8) is 0 Å². The van der Waals surface area contributed by atoms with Crippen LogP contribution in [0.25, 0.3) is 99.0 Å². The maximum absolute atomic E-state index is 5.45. The summed E-state index contributed by atoms with van der Waals surface area (Å²) >= 11 is 0. The Morgan fingerprint density at radius 3 is 0.750 bits per heavy atom. The summed E-state index contributed by atoms with van der Waals surface area (Å²) in [5, 5.41) is 18.8. The highest BCUT2D eigenvalue weighted by atomic mass is 28.3. The fourth-order valence-corrected chi connectivity index (χ4v) is 18.2. The van der Waals surface area contributed by atoms with Gasteiger partial charge in [-0.05, 0) is 92.6 Å². The number of rotatable bonds is 10. The molecule has 76 heavy (non-hydrogen) atoms. The first-order valence-electron chi connectivity index (χ1n) is 27.6. The molecule has 0 saturated carbocycles. The van der Waals surface area contributed by atoms with Gasteiger partial charge in [0.2, 0.25) is 0 Å². The normalized spacial score (nSPS) is 13.4. The van der Waals surface area contributed by atoms with Crippen molar-refractivity contribution in [3.8, 4) is 33.9 Å². The summed E-state index contributed by atoms with van der Waals surface area (Å²) in [6.45, 7) is 44.0. The molecule has 0 aliphatic heterocycles. The van der Waals surface area contributed by atoms with Crippen LogP contribution in [0.3, 0.4) is 0 Å². The van der Waals surface area contributed by atoms with Gasteiger partial charge < -0.3 is 9.13 Å². The third-order valence-electron chi connectivity index (χ3n) is 16.4. The summed E-state index contributed by atoms with van der Waals surface area (Å²) in [6, 6.07) is 53.2. The van der Waals surface area contributed by atoms with Crippen molar-refractivity contribution in [3.05, 3.63) is 146 Å². The van der Waals surface area contributed by atoms with Crippen molar-refractivity contribution < 1.29 is 0 Å². The van der Waals surface area contributed by atoms with E-state index in [1.54, 1.807) is 0 Å². The first-order valence-corrected chi connectivity index (χ1v) is 48.6. The van der Waals surface area contributed by atoms with Crippen LogP contribution in [0.1, 0.15) is 0 Å². The van der Waals surface area contributed by atoms with Gasteiger partial charge >= 0.3 is 0 Å². The zero-order valence-corrected chi connectivity index (χ0v) is 54.6. The molecule has 10 heteroatoms. The molecule has 0 atom stereocenters. The molecule has 4 nitrogen and oxygen atoms in total. The summed E-state index contributed by atoms with van der Waals surface area (Å²) in [4.78, 5) is 10.9. The van der Waals surface area contributed by atoms with Crippen molar-refractivity contribution in [1.29, 1.82) is 0 Å². The van der Waals surface area contributed by atoms with Gasteiger partial charge in [0.05, 0.1) is 81.9 Å². The van der Waals surface area contributed by atoms with Crippen LogP contribution in [-0.2, 0) is 0 Å². The lowest BCUT2D eigenvalue weighted by molar-refractivity contribution is 1.18. The highest BCUT2D eigenvalue weighted by molar-refractivity contribution is 6.91. The molecule has 0 bridgehead atoms. The lowest BCUT2D eigenvalue weighted by atomic mass is 9.88. The van der Waals surface area contributed by atoms with Gasteiger partial charge in [0, 0.05) is 56.4 Å². The van der Waals surface area contributed by atoms with Crippen LogP contribution in [0.4, 0.5) is 0 Å². The molecule has 4 heterocycles. The molecule has 0 amide bonds. The van der Waals surface area contributed by atoms with Crippen LogP contribution in [0.2, 0.25) is 118 Å². The molecule has 0 spiro atoms. The minimum atomic E-state index is -1.64.